The third-order valence-corrected chi connectivity index (χ3v) is 6.41. The predicted octanol–water partition coefficient (Wildman–Crippen LogP) is 1.19. The van der Waals surface area contributed by atoms with Gasteiger partial charge in [0.25, 0.3) is 0 Å². The number of piperidine rings is 1. The summed E-state index contributed by atoms with van der Waals surface area (Å²) in [7, 11) is -2.95. The lowest BCUT2D eigenvalue weighted by molar-refractivity contribution is -0.138. The molecule has 5 nitrogen and oxygen atoms in total. The van der Waals surface area contributed by atoms with E-state index in [0.29, 0.717) is 19.0 Å². The highest BCUT2D eigenvalue weighted by molar-refractivity contribution is 7.91. The molecule has 2 rings (SSSR count). The second-order valence-electron chi connectivity index (χ2n) is 6.52. The number of unbranched alkanes of at least 4 members (excludes halogenated alkanes) is 1. The lowest BCUT2D eigenvalue weighted by Gasteiger charge is -2.35. The van der Waals surface area contributed by atoms with Gasteiger partial charge in [-0.15, -0.1) is 0 Å². The predicted molar refractivity (Wildman–Crippen MR) is 83.9 cm³/mol. The zero-order chi connectivity index (χ0) is 15.5. The van der Waals surface area contributed by atoms with Crippen molar-refractivity contribution in [3.63, 3.8) is 0 Å². The molecule has 1 unspecified atom stereocenters. The quantitative estimate of drug-likeness (QED) is 0.827. The second-order valence-corrected chi connectivity index (χ2v) is 8.75. The fourth-order valence-electron chi connectivity index (χ4n) is 3.41. The van der Waals surface area contributed by atoms with Gasteiger partial charge < -0.3 is 10.2 Å². The molecule has 0 aromatic heterocycles. The molecule has 2 fully saturated rings. The van der Waals surface area contributed by atoms with Crippen LogP contribution in [0, 0.1) is 5.92 Å². The summed E-state index contributed by atoms with van der Waals surface area (Å²) in [5.74, 6) is 0.624. The smallest absolute Gasteiger partial charge is 0.226 e. The molecule has 21 heavy (non-hydrogen) atoms. The van der Waals surface area contributed by atoms with Crippen LogP contribution in [0.15, 0.2) is 0 Å². The Kier molecular flexibility index (Phi) is 5.66. The molecular formula is C15H28N2O3S. The van der Waals surface area contributed by atoms with Gasteiger partial charge in [-0.05, 0) is 39.2 Å². The van der Waals surface area contributed by atoms with Gasteiger partial charge in [-0.1, -0.05) is 13.3 Å². The second kappa shape index (κ2) is 7.09. The molecule has 2 aliphatic heterocycles. The van der Waals surface area contributed by atoms with Crippen molar-refractivity contribution in [2.75, 3.05) is 24.6 Å². The van der Waals surface area contributed by atoms with Crippen molar-refractivity contribution in [1.29, 1.82) is 0 Å². The van der Waals surface area contributed by atoms with E-state index >= 15 is 0 Å². The number of nitrogens with zero attached hydrogens (tertiary/aromatic N) is 1. The van der Waals surface area contributed by atoms with Gasteiger partial charge in [0, 0.05) is 24.5 Å². The Bertz CT molecular complexity index is 464. The van der Waals surface area contributed by atoms with Gasteiger partial charge in [0.2, 0.25) is 5.91 Å². The van der Waals surface area contributed by atoms with Crippen LogP contribution in [0.3, 0.4) is 0 Å². The average Bonchev–Trinajstić information content (AvgIpc) is 2.79. The van der Waals surface area contributed by atoms with E-state index < -0.39 is 9.84 Å². The molecule has 3 atom stereocenters. The molecule has 2 heterocycles. The number of carbonyl (C=O) groups excluding carboxylic acids is 1. The molecule has 0 aromatic carbocycles. The topological polar surface area (TPSA) is 66.5 Å². The maximum absolute atomic E-state index is 12.9. The Balaban J connectivity index is 2.06. The summed E-state index contributed by atoms with van der Waals surface area (Å²) in [5.41, 5.74) is 0. The van der Waals surface area contributed by atoms with Crippen LogP contribution in [-0.4, -0.2) is 55.9 Å². The highest BCUT2D eigenvalue weighted by Gasteiger charge is 2.37. The SMILES string of the molecule is CCCCN(C(=O)[C@H]1CCN[C@@H](C)C1)C1CCS(=O)(=O)C1. The number of nitrogens with one attached hydrogen (secondary N) is 1. The summed E-state index contributed by atoms with van der Waals surface area (Å²) in [5, 5.41) is 3.36. The van der Waals surface area contributed by atoms with Crippen LogP contribution in [-0.2, 0) is 14.6 Å². The first-order chi connectivity index (χ1) is 9.93. The van der Waals surface area contributed by atoms with Crippen LogP contribution >= 0.6 is 0 Å². The fraction of sp³-hybridized carbons (Fsp3) is 0.933. The van der Waals surface area contributed by atoms with Crippen molar-refractivity contribution in [1.82, 2.24) is 10.2 Å². The Hall–Kier alpha value is -0.620. The van der Waals surface area contributed by atoms with E-state index in [1.807, 2.05) is 4.90 Å². The van der Waals surface area contributed by atoms with Crippen LogP contribution in [0.1, 0.15) is 46.0 Å². The van der Waals surface area contributed by atoms with Crippen LogP contribution in [0.5, 0.6) is 0 Å². The third-order valence-electron chi connectivity index (χ3n) is 4.66. The molecule has 0 aliphatic carbocycles. The summed E-state index contributed by atoms with van der Waals surface area (Å²) in [4.78, 5) is 14.7. The van der Waals surface area contributed by atoms with Crippen LogP contribution in [0.2, 0.25) is 0 Å². The van der Waals surface area contributed by atoms with Crippen molar-refractivity contribution >= 4 is 15.7 Å². The van der Waals surface area contributed by atoms with Crippen molar-refractivity contribution in [3.8, 4) is 0 Å². The van der Waals surface area contributed by atoms with E-state index in [-0.39, 0.29) is 29.4 Å². The highest BCUT2D eigenvalue weighted by atomic mass is 32.2. The molecule has 0 aromatic rings. The Labute approximate surface area is 128 Å². The molecule has 6 heteroatoms. The minimum atomic E-state index is -2.95. The molecule has 0 saturated carbocycles. The molecule has 0 spiro atoms. The molecule has 2 aliphatic rings. The van der Waals surface area contributed by atoms with E-state index in [0.717, 1.165) is 32.2 Å². The number of rotatable bonds is 5. The Morgan fingerprint density at radius 1 is 1.33 bits per heavy atom. The summed E-state index contributed by atoms with van der Waals surface area (Å²) >= 11 is 0. The van der Waals surface area contributed by atoms with E-state index in [2.05, 4.69) is 19.2 Å². The minimum Gasteiger partial charge on any atom is -0.338 e. The number of carbonyl (C=O) groups is 1. The highest BCUT2D eigenvalue weighted by Crippen LogP contribution is 2.24. The van der Waals surface area contributed by atoms with E-state index in [1.165, 1.54) is 0 Å². The Morgan fingerprint density at radius 2 is 2.10 bits per heavy atom. The number of hydrogen-bond acceptors (Lipinski definition) is 4. The monoisotopic (exact) mass is 316 g/mol. The van der Waals surface area contributed by atoms with Gasteiger partial charge in [-0.3, -0.25) is 4.79 Å². The summed E-state index contributed by atoms with van der Waals surface area (Å²) in [6, 6.07) is 0.271. The molecule has 1 N–H and O–H groups in total. The fourth-order valence-corrected chi connectivity index (χ4v) is 5.14. The standard InChI is InChI=1S/C15H28N2O3S/c1-3-4-8-17(14-6-9-21(19,20)11-14)15(18)13-5-7-16-12(2)10-13/h12-14,16H,3-11H2,1-2H3/t12-,13-,14?/m0/s1. The summed E-state index contributed by atoms with van der Waals surface area (Å²) in [6.07, 6.45) is 4.30. The van der Waals surface area contributed by atoms with Crippen molar-refractivity contribution in [2.24, 2.45) is 5.92 Å². The van der Waals surface area contributed by atoms with Crippen LogP contribution in [0.4, 0.5) is 0 Å². The lowest BCUT2D eigenvalue weighted by atomic mass is 9.91. The maximum Gasteiger partial charge on any atom is 0.226 e. The molecule has 0 radical (unpaired) electrons. The Morgan fingerprint density at radius 3 is 2.67 bits per heavy atom. The van der Waals surface area contributed by atoms with Gasteiger partial charge in [-0.2, -0.15) is 0 Å². The molecule has 122 valence electrons. The number of amides is 1. The summed E-state index contributed by atoms with van der Waals surface area (Å²) < 4.78 is 23.4. The normalized spacial score (nSPS) is 32.0. The first-order valence-corrected chi connectivity index (χ1v) is 9.99. The van der Waals surface area contributed by atoms with E-state index in [9.17, 15) is 13.2 Å². The van der Waals surface area contributed by atoms with E-state index in [1.54, 1.807) is 0 Å². The van der Waals surface area contributed by atoms with E-state index in [4.69, 9.17) is 0 Å². The first-order valence-electron chi connectivity index (χ1n) is 8.17. The first kappa shape index (κ1) is 16.7. The minimum absolute atomic E-state index is 0.0569. The van der Waals surface area contributed by atoms with Crippen molar-refractivity contribution in [3.05, 3.63) is 0 Å². The molecule has 1 amide bonds. The lowest BCUT2D eigenvalue weighted by Crippen LogP contribution is -2.48. The van der Waals surface area contributed by atoms with Gasteiger partial charge in [-0.25, -0.2) is 8.42 Å². The van der Waals surface area contributed by atoms with Crippen molar-refractivity contribution < 1.29 is 13.2 Å². The van der Waals surface area contributed by atoms with Crippen molar-refractivity contribution in [2.45, 2.75) is 58.0 Å². The van der Waals surface area contributed by atoms with Gasteiger partial charge in [0.15, 0.2) is 9.84 Å². The van der Waals surface area contributed by atoms with Gasteiger partial charge in [0.05, 0.1) is 11.5 Å². The molecule has 0 bridgehead atoms. The number of hydrogen-bond donors (Lipinski definition) is 1. The zero-order valence-electron chi connectivity index (χ0n) is 13.2. The molecular weight excluding hydrogens is 288 g/mol. The van der Waals surface area contributed by atoms with Crippen LogP contribution in [0.25, 0.3) is 0 Å². The largest absolute Gasteiger partial charge is 0.338 e. The zero-order valence-corrected chi connectivity index (χ0v) is 14.0. The number of sulfone groups is 1. The van der Waals surface area contributed by atoms with Gasteiger partial charge in [0.1, 0.15) is 0 Å². The maximum atomic E-state index is 12.9. The van der Waals surface area contributed by atoms with Crippen LogP contribution < -0.4 is 5.32 Å². The third kappa shape index (κ3) is 4.42. The average molecular weight is 316 g/mol. The summed E-state index contributed by atoms with van der Waals surface area (Å²) in [6.45, 7) is 5.78. The van der Waals surface area contributed by atoms with Gasteiger partial charge >= 0.3 is 0 Å². The molecule has 2 saturated heterocycles.